The van der Waals surface area contributed by atoms with Crippen molar-refractivity contribution in [1.29, 1.82) is 0 Å². The Morgan fingerprint density at radius 3 is 2.71 bits per heavy atom. The van der Waals surface area contributed by atoms with Crippen molar-refractivity contribution in [3.63, 3.8) is 0 Å². The normalized spacial score (nSPS) is 12.5. The number of aryl methyl sites for hydroxylation is 1. The molecule has 0 amide bonds. The highest BCUT2D eigenvalue weighted by Crippen LogP contribution is 2.33. The van der Waals surface area contributed by atoms with Gasteiger partial charge >= 0.3 is 0 Å². The van der Waals surface area contributed by atoms with E-state index in [1.165, 1.54) is 6.20 Å². The summed E-state index contributed by atoms with van der Waals surface area (Å²) in [6, 6.07) is 3.80. The maximum Gasteiger partial charge on any atom is 0.128 e. The second-order valence-corrected chi connectivity index (χ2v) is 3.93. The van der Waals surface area contributed by atoms with Crippen molar-refractivity contribution in [2.24, 2.45) is 0 Å². The highest BCUT2D eigenvalue weighted by atomic mass is 16.5. The zero-order valence-electron chi connectivity index (χ0n) is 10.1. The van der Waals surface area contributed by atoms with Crippen molar-refractivity contribution in [2.75, 3.05) is 7.11 Å². The third kappa shape index (κ3) is 2.01. The fraction of sp³-hybridized carbons (Fsp3) is 0.333. The lowest BCUT2D eigenvalue weighted by atomic mass is 9.99. The Morgan fingerprint density at radius 1 is 1.35 bits per heavy atom. The molecule has 0 aliphatic heterocycles. The molecule has 2 aromatic rings. The fourth-order valence-electron chi connectivity index (χ4n) is 1.80. The van der Waals surface area contributed by atoms with Crippen LogP contribution in [0, 0.1) is 13.8 Å². The van der Waals surface area contributed by atoms with Crippen LogP contribution in [0.15, 0.2) is 18.3 Å². The zero-order chi connectivity index (χ0) is 12.4. The predicted molar refractivity (Wildman–Crippen MR) is 62.9 cm³/mol. The van der Waals surface area contributed by atoms with Crippen molar-refractivity contribution in [1.82, 2.24) is 15.4 Å². The van der Waals surface area contributed by atoms with Crippen LogP contribution in [0.2, 0.25) is 0 Å². The average Bonchev–Trinajstić information content (AvgIpc) is 2.85. The lowest BCUT2D eigenvalue weighted by Gasteiger charge is -2.16. The van der Waals surface area contributed by atoms with Gasteiger partial charge in [-0.25, -0.2) is 0 Å². The quantitative estimate of drug-likeness (QED) is 0.843. The van der Waals surface area contributed by atoms with Crippen LogP contribution >= 0.6 is 0 Å². The molecule has 1 aromatic heterocycles. The molecule has 2 N–H and O–H groups in total. The van der Waals surface area contributed by atoms with E-state index in [2.05, 4.69) is 15.4 Å². The number of H-pyrrole nitrogens is 1. The highest BCUT2D eigenvalue weighted by Gasteiger charge is 2.19. The Kier molecular flexibility index (Phi) is 3.10. The second-order valence-electron chi connectivity index (χ2n) is 3.93. The molecule has 17 heavy (non-hydrogen) atoms. The molecule has 5 heteroatoms. The summed E-state index contributed by atoms with van der Waals surface area (Å²) in [5, 5.41) is 20.3. The van der Waals surface area contributed by atoms with E-state index >= 15 is 0 Å². The Morgan fingerprint density at radius 2 is 2.12 bits per heavy atom. The number of nitrogens with zero attached hydrogens (tertiary/aromatic N) is 2. The van der Waals surface area contributed by atoms with E-state index in [4.69, 9.17) is 4.74 Å². The Labute approximate surface area is 99.4 Å². The third-order valence-electron chi connectivity index (χ3n) is 2.92. The molecule has 1 aromatic carbocycles. The number of nitrogens with one attached hydrogen (secondary N) is 1. The van der Waals surface area contributed by atoms with Crippen LogP contribution in [0.4, 0.5) is 0 Å². The number of aromatic nitrogens is 3. The minimum Gasteiger partial charge on any atom is -0.496 e. The van der Waals surface area contributed by atoms with Crippen molar-refractivity contribution in [3.05, 3.63) is 40.7 Å². The topological polar surface area (TPSA) is 71.0 Å². The number of hydrogen-bond donors (Lipinski definition) is 2. The molecule has 0 spiro atoms. The van der Waals surface area contributed by atoms with E-state index in [0.717, 1.165) is 11.1 Å². The van der Waals surface area contributed by atoms with Crippen LogP contribution in [0.1, 0.15) is 28.5 Å². The molecule has 90 valence electrons. The van der Waals surface area contributed by atoms with Gasteiger partial charge in [-0.2, -0.15) is 15.4 Å². The summed E-state index contributed by atoms with van der Waals surface area (Å²) >= 11 is 0. The lowest BCUT2D eigenvalue weighted by molar-refractivity contribution is 0.209. The number of ether oxygens (including phenoxy) is 1. The third-order valence-corrected chi connectivity index (χ3v) is 2.92. The van der Waals surface area contributed by atoms with Crippen molar-refractivity contribution >= 4 is 0 Å². The summed E-state index contributed by atoms with van der Waals surface area (Å²) in [6.45, 7) is 3.97. The van der Waals surface area contributed by atoms with E-state index in [1.807, 2.05) is 26.0 Å². The molecule has 0 radical (unpaired) electrons. The van der Waals surface area contributed by atoms with Crippen LogP contribution in [-0.2, 0) is 0 Å². The standard InChI is InChI=1S/C12H15N3O2/c1-7-4-5-9(12(17-3)8(7)2)11(16)10-6-13-15-14-10/h4-6,11,16H,1-3H3,(H,13,14,15). The maximum absolute atomic E-state index is 10.2. The summed E-state index contributed by atoms with van der Waals surface area (Å²) < 4.78 is 5.36. The monoisotopic (exact) mass is 233 g/mol. The molecule has 1 atom stereocenters. The van der Waals surface area contributed by atoms with Gasteiger partial charge in [0.1, 0.15) is 17.5 Å². The van der Waals surface area contributed by atoms with Gasteiger partial charge in [-0.1, -0.05) is 12.1 Å². The van der Waals surface area contributed by atoms with Crippen LogP contribution in [0.3, 0.4) is 0 Å². The number of aliphatic hydroxyl groups is 1. The first-order valence-corrected chi connectivity index (χ1v) is 5.33. The SMILES string of the molecule is COc1c(C(O)c2cn[nH]n2)ccc(C)c1C. The average molecular weight is 233 g/mol. The first-order chi connectivity index (χ1) is 8.15. The minimum atomic E-state index is -0.831. The summed E-state index contributed by atoms with van der Waals surface area (Å²) in [6.07, 6.45) is 0.669. The van der Waals surface area contributed by atoms with E-state index in [-0.39, 0.29) is 0 Å². The number of benzene rings is 1. The molecule has 0 bridgehead atoms. The molecule has 0 saturated carbocycles. The van der Waals surface area contributed by atoms with Crippen molar-refractivity contribution in [2.45, 2.75) is 20.0 Å². The van der Waals surface area contributed by atoms with Gasteiger partial charge in [0.15, 0.2) is 0 Å². The first kappa shape index (κ1) is 11.6. The summed E-state index contributed by atoms with van der Waals surface area (Å²) in [4.78, 5) is 0. The van der Waals surface area contributed by atoms with Gasteiger partial charge in [0.2, 0.25) is 0 Å². The summed E-state index contributed by atoms with van der Waals surface area (Å²) in [5.41, 5.74) is 3.32. The lowest BCUT2D eigenvalue weighted by Crippen LogP contribution is -2.05. The second kappa shape index (κ2) is 4.55. The van der Waals surface area contributed by atoms with E-state index in [0.29, 0.717) is 17.0 Å². The van der Waals surface area contributed by atoms with E-state index in [9.17, 15) is 5.11 Å². The van der Waals surface area contributed by atoms with Gasteiger partial charge in [0, 0.05) is 5.56 Å². The molecular formula is C12H15N3O2. The molecule has 1 unspecified atom stereocenters. The van der Waals surface area contributed by atoms with Crippen LogP contribution in [-0.4, -0.2) is 27.6 Å². The number of methoxy groups -OCH3 is 1. The van der Waals surface area contributed by atoms with Gasteiger partial charge in [-0.05, 0) is 25.0 Å². The first-order valence-electron chi connectivity index (χ1n) is 5.33. The molecule has 0 saturated heterocycles. The number of rotatable bonds is 3. The molecular weight excluding hydrogens is 218 g/mol. The number of hydrogen-bond acceptors (Lipinski definition) is 4. The van der Waals surface area contributed by atoms with Crippen molar-refractivity contribution in [3.8, 4) is 5.75 Å². The molecule has 0 aliphatic carbocycles. The van der Waals surface area contributed by atoms with E-state index in [1.54, 1.807) is 7.11 Å². The summed E-state index contributed by atoms with van der Waals surface area (Å²) in [7, 11) is 1.60. The van der Waals surface area contributed by atoms with Crippen LogP contribution in [0.25, 0.3) is 0 Å². The van der Waals surface area contributed by atoms with E-state index < -0.39 is 6.10 Å². The Balaban J connectivity index is 2.49. The molecule has 0 aliphatic rings. The largest absolute Gasteiger partial charge is 0.496 e. The predicted octanol–water partition coefficient (Wildman–Crippen LogP) is 1.51. The number of aliphatic hydroxyl groups excluding tert-OH is 1. The zero-order valence-corrected chi connectivity index (χ0v) is 10.1. The Hall–Kier alpha value is -1.88. The number of aromatic amines is 1. The van der Waals surface area contributed by atoms with Gasteiger partial charge in [0.05, 0.1) is 13.3 Å². The van der Waals surface area contributed by atoms with Crippen LogP contribution < -0.4 is 4.74 Å². The molecule has 5 nitrogen and oxygen atoms in total. The minimum absolute atomic E-state index is 0.478. The van der Waals surface area contributed by atoms with Gasteiger partial charge < -0.3 is 9.84 Å². The Bertz CT molecular complexity index is 509. The summed E-state index contributed by atoms with van der Waals surface area (Å²) in [5.74, 6) is 0.695. The highest BCUT2D eigenvalue weighted by molar-refractivity contribution is 5.47. The molecule has 0 fully saturated rings. The van der Waals surface area contributed by atoms with Gasteiger partial charge in [-0.15, -0.1) is 0 Å². The molecule has 1 heterocycles. The fourth-order valence-corrected chi connectivity index (χ4v) is 1.80. The van der Waals surface area contributed by atoms with Gasteiger partial charge in [-0.3, -0.25) is 0 Å². The van der Waals surface area contributed by atoms with Crippen LogP contribution in [0.5, 0.6) is 5.75 Å². The van der Waals surface area contributed by atoms with Gasteiger partial charge in [0.25, 0.3) is 0 Å². The smallest absolute Gasteiger partial charge is 0.128 e. The molecule has 2 rings (SSSR count). The van der Waals surface area contributed by atoms with Crippen molar-refractivity contribution < 1.29 is 9.84 Å². The maximum atomic E-state index is 10.2.